The Morgan fingerprint density at radius 3 is 2.40 bits per heavy atom. The molecule has 0 atom stereocenters. The smallest absolute Gasteiger partial charge is 0.287 e. The first kappa shape index (κ1) is 20.4. The van der Waals surface area contributed by atoms with E-state index >= 15 is 0 Å². The molecule has 1 amide bonds. The normalized spacial score (nSPS) is 11.5. The number of nitrogens with zero attached hydrogens (tertiary/aromatic N) is 1. The number of hydrogen-bond acceptors (Lipinski definition) is 5. The number of furan rings is 1. The van der Waals surface area contributed by atoms with Gasteiger partial charge in [0.2, 0.25) is 9.84 Å². The van der Waals surface area contributed by atoms with Gasteiger partial charge in [-0.25, -0.2) is 8.42 Å². The molecule has 2 heterocycles. The molecular formula is C21H14Cl2N2O4S. The Kier molecular flexibility index (Phi) is 5.51. The van der Waals surface area contributed by atoms with Crippen LogP contribution in [-0.4, -0.2) is 19.3 Å². The van der Waals surface area contributed by atoms with Crippen LogP contribution in [0.15, 0.2) is 81.2 Å². The third-order valence-corrected chi connectivity index (χ3v) is 7.15. The van der Waals surface area contributed by atoms with Gasteiger partial charge in [0, 0.05) is 18.1 Å². The summed E-state index contributed by atoms with van der Waals surface area (Å²) in [6.45, 7) is 0.196. The van der Waals surface area contributed by atoms with Crippen LogP contribution in [-0.2, 0) is 16.4 Å². The molecule has 0 spiro atoms. The summed E-state index contributed by atoms with van der Waals surface area (Å²) >= 11 is 12.1. The number of halogens is 2. The number of amides is 1. The average molecular weight is 461 g/mol. The lowest BCUT2D eigenvalue weighted by atomic mass is 10.2. The van der Waals surface area contributed by atoms with Crippen molar-refractivity contribution in [3.05, 3.63) is 88.4 Å². The number of rotatable bonds is 5. The highest BCUT2D eigenvalue weighted by atomic mass is 35.5. The molecule has 4 rings (SSSR count). The van der Waals surface area contributed by atoms with Crippen LogP contribution < -0.4 is 5.32 Å². The molecule has 2 aromatic heterocycles. The maximum atomic E-state index is 12.9. The van der Waals surface area contributed by atoms with Gasteiger partial charge in [-0.2, -0.15) is 0 Å². The molecule has 30 heavy (non-hydrogen) atoms. The van der Waals surface area contributed by atoms with Gasteiger partial charge in [0.05, 0.1) is 21.1 Å². The molecule has 0 fully saturated rings. The molecule has 2 aromatic carbocycles. The number of hydrogen-bond donors (Lipinski definition) is 1. The number of carbonyl (C=O) groups excluding carboxylic acids is 1. The number of sulfone groups is 1. The van der Waals surface area contributed by atoms with Crippen LogP contribution in [0.4, 0.5) is 0 Å². The van der Waals surface area contributed by atoms with Crippen molar-refractivity contribution in [3.63, 3.8) is 0 Å². The first-order chi connectivity index (χ1) is 14.4. The molecular weight excluding hydrogens is 447 g/mol. The van der Waals surface area contributed by atoms with Crippen molar-refractivity contribution in [1.82, 2.24) is 10.3 Å². The SMILES string of the molecule is O=C(NCc1ccc(S(=O)(=O)c2c(Cl)cccc2Cl)cc1)c1cc2ccncc2o1. The summed E-state index contributed by atoms with van der Waals surface area (Å²) in [5.74, 6) is -0.212. The fourth-order valence-corrected chi connectivity index (χ4v) is 5.30. The summed E-state index contributed by atoms with van der Waals surface area (Å²) in [5.41, 5.74) is 1.24. The van der Waals surface area contributed by atoms with Gasteiger partial charge in [0.25, 0.3) is 5.91 Å². The minimum Gasteiger partial charge on any atom is -0.449 e. The Morgan fingerprint density at radius 1 is 1.03 bits per heavy atom. The van der Waals surface area contributed by atoms with Crippen molar-refractivity contribution >= 4 is 49.9 Å². The minimum absolute atomic E-state index is 0.0531. The van der Waals surface area contributed by atoms with Gasteiger partial charge in [-0.15, -0.1) is 0 Å². The summed E-state index contributed by atoms with van der Waals surface area (Å²) in [5, 5.41) is 3.63. The standard InChI is InChI=1S/C21H14Cl2N2O4S/c22-16-2-1-3-17(23)20(16)30(27,28)15-6-4-13(5-7-15)11-25-21(26)18-10-14-8-9-24-12-19(14)29-18/h1-10,12H,11H2,(H,25,26). The number of nitrogens with one attached hydrogen (secondary N) is 1. The maximum absolute atomic E-state index is 12.9. The highest BCUT2D eigenvalue weighted by Crippen LogP contribution is 2.33. The Labute approximate surface area is 182 Å². The van der Waals surface area contributed by atoms with Crippen molar-refractivity contribution in [2.75, 3.05) is 0 Å². The molecule has 0 radical (unpaired) electrons. The predicted molar refractivity (Wildman–Crippen MR) is 114 cm³/mol. The number of fused-ring (bicyclic) bond motifs is 1. The molecule has 0 saturated carbocycles. The van der Waals surface area contributed by atoms with Gasteiger partial charge in [0.15, 0.2) is 11.3 Å². The monoisotopic (exact) mass is 460 g/mol. The fourth-order valence-electron chi connectivity index (χ4n) is 2.91. The number of pyridine rings is 1. The summed E-state index contributed by atoms with van der Waals surface area (Å²) < 4.78 is 31.2. The van der Waals surface area contributed by atoms with E-state index in [1.165, 1.54) is 30.5 Å². The molecule has 6 nitrogen and oxygen atoms in total. The minimum atomic E-state index is -3.88. The second-order valence-corrected chi connectivity index (χ2v) is 9.11. The van der Waals surface area contributed by atoms with Gasteiger partial charge in [-0.1, -0.05) is 41.4 Å². The second-order valence-electron chi connectivity index (χ2n) is 6.40. The van der Waals surface area contributed by atoms with E-state index in [0.29, 0.717) is 11.1 Å². The molecule has 0 unspecified atom stereocenters. The summed E-state index contributed by atoms with van der Waals surface area (Å²) in [7, 11) is -3.88. The highest BCUT2D eigenvalue weighted by Gasteiger charge is 2.24. The Bertz CT molecular complexity index is 1300. The predicted octanol–water partition coefficient (Wildman–Crippen LogP) is 4.90. The molecule has 0 saturated heterocycles. The summed E-state index contributed by atoms with van der Waals surface area (Å²) in [6, 6.07) is 14.0. The van der Waals surface area contributed by atoms with E-state index in [-0.39, 0.29) is 38.0 Å². The van der Waals surface area contributed by atoms with E-state index < -0.39 is 9.84 Å². The number of aromatic nitrogens is 1. The largest absolute Gasteiger partial charge is 0.449 e. The summed E-state index contributed by atoms with van der Waals surface area (Å²) in [6.07, 6.45) is 3.15. The third-order valence-electron chi connectivity index (χ3n) is 4.42. The van der Waals surface area contributed by atoms with E-state index in [9.17, 15) is 13.2 Å². The molecule has 0 bridgehead atoms. The van der Waals surface area contributed by atoms with Gasteiger partial charge >= 0.3 is 0 Å². The molecule has 152 valence electrons. The Morgan fingerprint density at radius 2 is 1.73 bits per heavy atom. The van der Waals surface area contributed by atoms with E-state index in [4.69, 9.17) is 27.6 Å². The number of benzene rings is 2. The van der Waals surface area contributed by atoms with Crippen LogP contribution in [0.25, 0.3) is 11.0 Å². The van der Waals surface area contributed by atoms with Crippen LogP contribution in [0.2, 0.25) is 10.0 Å². The fraction of sp³-hybridized carbons (Fsp3) is 0.0476. The summed E-state index contributed by atoms with van der Waals surface area (Å²) in [4.78, 5) is 16.2. The Balaban J connectivity index is 1.49. The van der Waals surface area contributed by atoms with E-state index in [0.717, 1.165) is 5.39 Å². The van der Waals surface area contributed by atoms with Gasteiger partial charge in [-0.3, -0.25) is 9.78 Å². The first-order valence-corrected chi connectivity index (χ1v) is 11.0. The van der Waals surface area contributed by atoms with Crippen LogP contribution in [0, 0.1) is 0 Å². The van der Waals surface area contributed by atoms with Gasteiger partial charge in [0.1, 0.15) is 4.90 Å². The average Bonchev–Trinajstić information content (AvgIpc) is 3.16. The second kappa shape index (κ2) is 8.10. The highest BCUT2D eigenvalue weighted by molar-refractivity contribution is 7.91. The molecule has 4 aromatic rings. The number of carbonyl (C=O) groups is 1. The van der Waals surface area contributed by atoms with Crippen LogP contribution in [0.3, 0.4) is 0 Å². The van der Waals surface area contributed by atoms with Crippen molar-refractivity contribution in [3.8, 4) is 0 Å². The van der Waals surface area contributed by atoms with Gasteiger partial charge in [-0.05, 0) is 42.0 Å². The van der Waals surface area contributed by atoms with Crippen LogP contribution >= 0.6 is 23.2 Å². The van der Waals surface area contributed by atoms with E-state index in [2.05, 4.69) is 10.3 Å². The zero-order valence-electron chi connectivity index (χ0n) is 15.3. The Hall–Kier alpha value is -2.87. The topological polar surface area (TPSA) is 89.3 Å². The van der Waals surface area contributed by atoms with E-state index in [1.807, 2.05) is 0 Å². The third kappa shape index (κ3) is 3.92. The van der Waals surface area contributed by atoms with Crippen molar-refractivity contribution in [1.29, 1.82) is 0 Å². The maximum Gasteiger partial charge on any atom is 0.287 e. The van der Waals surface area contributed by atoms with Crippen molar-refractivity contribution in [2.45, 2.75) is 16.3 Å². The first-order valence-electron chi connectivity index (χ1n) is 8.76. The zero-order chi connectivity index (χ0) is 21.3. The van der Waals surface area contributed by atoms with Crippen molar-refractivity contribution < 1.29 is 17.6 Å². The quantitative estimate of drug-likeness (QED) is 0.457. The lowest BCUT2D eigenvalue weighted by Gasteiger charge is -2.09. The van der Waals surface area contributed by atoms with Crippen LogP contribution in [0.5, 0.6) is 0 Å². The lowest BCUT2D eigenvalue weighted by molar-refractivity contribution is 0.0925. The van der Waals surface area contributed by atoms with Gasteiger partial charge < -0.3 is 9.73 Å². The molecule has 9 heteroatoms. The zero-order valence-corrected chi connectivity index (χ0v) is 17.6. The molecule has 0 aliphatic rings. The lowest BCUT2D eigenvalue weighted by Crippen LogP contribution is -2.22. The molecule has 1 N–H and O–H groups in total. The van der Waals surface area contributed by atoms with E-state index in [1.54, 1.807) is 36.5 Å². The molecule has 0 aliphatic carbocycles. The van der Waals surface area contributed by atoms with Crippen molar-refractivity contribution in [2.24, 2.45) is 0 Å². The van der Waals surface area contributed by atoms with Crippen LogP contribution in [0.1, 0.15) is 16.1 Å². The molecule has 0 aliphatic heterocycles.